The summed E-state index contributed by atoms with van der Waals surface area (Å²) >= 11 is 0. The van der Waals surface area contributed by atoms with Gasteiger partial charge in [0.25, 0.3) is 0 Å². The Bertz CT molecular complexity index is 512. The highest BCUT2D eigenvalue weighted by Gasteiger charge is 2.52. The van der Waals surface area contributed by atoms with Gasteiger partial charge in [-0.3, -0.25) is 0 Å². The SMILES string of the molecule is COc1cccc(NC2(C(=O)O)CN3CCC2CC3)c1. The standard InChI is InChI=1S/C15H20N2O3/c1-20-13-4-2-3-12(9-13)16-15(14(18)19)10-17-7-5-11(15)6-8-17/h2-4,9,11,16H,5-8,10H2,1H3,(H,18,19). The molecule has 4 rings (SSSR count). The summed E-state index contributed by atoms with van der Waals surface area (Å²) in [7, 11) is 1.61. The first-order chi connectivity index (χ1) is 9.64. The number of carboxylic acids is 1. The van der Waals surface area contributed by atoms with E-state index in [0.29, 0.717) is 6.54 Å². The van der Waals surface area contributed by atoms with Crippen LogP contribution in [0, 0.1) is 5.92 Å². The van der Waals surface area contributed by atoms with Gasteiger partial charge < -0.3 is 20.1 Å². The highest BCUT2D eigenvalue weighted by molar-refractivity contribution is 5.84. The van der Waals surface area contributed by atoms with E-state index in [1.165, 1.54) is 0 Å². The number of carboxylic acid groups (broad SMARTS) is 1. The van der Waals surface area contributed by atoms with E-state index >= 15 is 0 Å². The molecule has 0 aliphatic carbocycles. The molecule has 5 nitrogen and oxygen atoms in total. The minimum atomic E-state index is -0.872. The van der Waals surface area contributed by atoms with Crippen molar-refractivity contribution < 1.29 is 14.6 Å². The molecule has 1 unspecified atom stereocenters. The molecule has 3 aliphatic rings. The highest BCUT2D eigenvalue weighted by Crippen LogP contribution is 2.38. The Morgan fingerprint density at radius 2 is 2.20 bits per heavy atom. The molecule has 1 atom stereocenters. The lowest BCUT2D eigenvalue weighted by molar-refractivity contribution is -0.149. The van der Waals surface area contributed by atoms with Crippen LogP contribution in [-0.4, -0.2) is 48.3 Å². The summed E-state index contributed by atoms with van der Waals surface area (Å²) in [6.07, 6.45) is 1.90. The van der Waals surface area contributed by atoms with Gasteiger partial charge in [0.15, 0.2) is 5.54 Å². The van der Waals surface area contributed by atoms with Gasteiger partial charge in [-0.2, -0.15) is 0 Å². The lowest BCUT2D eigenvalue weighted by atomic mass is 9.72. The Kier molecular flexibility index (Phi) is 3.30. The van der Waals surface area contributed by atoms with Gasteiger partial charge in [0, 0.05) is 18.3 Å². The molecule has 108 valence electrons. The van der Waals surface area contributed by atoms with Crippen molar-refractivity contribution >= 4 is 11.7 Å². The van der Waals surface area contributed by atoms with Crippen molar-refractivity contribution in [2.75, 3.05) is 32.1 Å². The number of benzene rings is 1. The van der Waals surface area contributed by atoms with Gasteiger partial charge in [0.05, 0.1) is 7.11 Å². The van der Waals surface area contributed by atoms with Gasteiger partial charge in [-0.15, -0.1) is 0 Å². The molecule has 2 bridgehead atoms. The van der Waals surface area contributed by atoms with E-state index in [2.05, 4.69) is 10.2 Å². The third-order valence-electron chi connectivity index (χ3n) is 4.58. The topological polar surface area (TPSA) is 61.8 Å². The number of anilines is 1. The summed E-state index contributed by atoms with van der Waals surface area (Å²) in [6, 6.07) is 7.47. The van der Waals surface area contributed by atoms with Crippen LogP contribution >= 0.6 is 0 Å². The number of rotatable bonds is 4. The highest BCUT2D eigenvalue weighted by atomic mass is 16.5. The van der Waals surface area contributed by atoms with Crippen LogP contribution in [0.2, 0.25) is 0 Å². The normalized spacial score (nSPS) is 31.9. The van der Waals surface area contributed by atoms with E-state index in [-0.39, 0.29) is 5.92 Å². The molecule has 0 spiro atoms. The number of hydrogen-bond donors (Lipinski definition) is 2. The summed E-state index contributed by atoms with van der Waals surface area (Å²) in [5.74, 6) is 0.169. The van der Waals surface area contributed by atoms with Gasteiger partial charge in [-0.05, 0) is 44.0 Å². The average molecular weight is 276 g/mol. The molecular weight excluding hydrogens is 256 g/mol. The van der Waals surface area contributed by atoms with E-state index < -0.39 is 11.5 Å². The Morgan fingerprint density at radius 1 is 1.45 bits per heavy atom. The molecule has 5 heteroatoms. The quantitative estimate of drug-likeness (QED) is 0.875. The number of piperidine rings is 3. The number of aliphatic carboxylic acids is 1. The lowest BCUT2D eigenvalue weighted by Gasteiger charge is -2.51. The maximum Gasteiger partial charge on any atom is 0.330 e. The number of hydrogen-bond acceptors (Lipinski definition) is 4. The molecular formula is C15H20N2O3. The molecule has 0 aromatic heterocycles. The summed E-state index contributed by atoms with van der Waals surface area (Å²) in [5.41, 5.74) is -0.0661. The predicted octanol–water partition coefficient (Wildman–Crippen LogP) is 1.66. The number of ether oxygens (including phenoxy) is 1. The second-order valence-corrected chi connectivity index (χ2v) is 5.68. The fourth-order valence-electron chi connectivity index (χ4n) is 3.46. The van der Waals surface area contributed by atoms with E-state index in [9.17, 15) is 9.90 Å². The van der Waals surface area contributed by atoms with Gasteiger partial charge >= 0.3 is 5.97 Å². The van der Waals surface area contributed by atoms with Crippen LogP contribution in [0.25, 0.3) is 0 Å². The largest absolute Gasteiger partial charge is 0.497 e. The first-order valence-corrected chi connectivity index (χ1v) is 7.02. The van der Waals surface area contributed by atoms with Crippen LogP contribution in [-0.2, 0) is 4.79 Å². The molecule has 3 saturated heterocycles. The average Bonchev–Trinajstić information content (AvgIpc) is 2.48. The Labute approximate surface area is 118 Å². The van der Waals surface area contributed by atoms with Crippen LogP contribution in [0.1, 0.15) is 12.8 Å². The number of nitrogens with one attached hydrogen (secondary N) is 1. The molecule has 0 saturated carbocycles. The molecule has 3 aliphatic heterocycles. The molecule has 20 heavy (non-hydrogen) atoms. The van der Waals surface area contributed by atoms with E-state index in [0.717, 1.165) is 37.4 Å². The fourth-order valence-corrected chi connectivity index (χ4v) is 3.46. The Balaban J connectivity index is 1.90. The summed E-state index contributed by atoms with van der Waals surface area (Å²) in [5, 5.41) is 13.1. The van der Waals surface area contributed by atoms with Gasteiger partial charge in [0.2, 0.25) is 0 Å². The van der Waals surface area contributed by atoms with Crippen molar-refractivity contribution in [3.8, 4) is 5.75 Å². The first-order valence-electron chi connectivity index (χ1n) is 7.02. The van der Waals surface area contributed by atoms with Crippen molar-refractivity contribution in [1.82, 2.24) is 4.90 Å². The number of fused-ring (bicyclic) bond motifs is 3. The predicted molar refractivity (Wildman–Crippen MR) is 76.1 cm³/mol. The molecule has 2 N–H and O–H groups in total. The Hall–Kier alpha value is -1.75. The minimum Gasteiger partial charge on any atom is -0.497 e. The minimum absolute atomic E-state index is 0.191. The van der Waals surface area contributed by atoms with Crippen LogP contribution in [0.3, 0.4) is 0 Å². The molecule has 3 fully saturated rings. The van der Waals surface area contributed by atoms with Crippen molar-refractivity contribution in [3.63, 3.8) is 0 Å². The fraction of sp³-hybridized carbons (Fsp3) is 0.533. The van der Waals surface area contributed by atoms with E-state index in [4.69, 9.17) is 4.74 Å². The molecule has 3 heterocycles. The Morgan fingerprint density at radius 3 is 2.75 bits per heavy atom. The van der Waals surface area contributed by atoms with Crippen LogP contribution in [0.15, 0.2) is 24.3 Å². The van der Waals surface area contributed by atoms with Crippen LogP contribution in [0.5, 0.6) is 5.75 Å². The zero-order valence-corrected chi connectivity index (χ0v) is 11.6. The third-order valence-corrected chi connectivity index (χ3v) is 4.58. The molecule has 1 aromatic carbocycles. The zero-order chi connectivity index (χ0) is 14.2. The van der Waals surface area contributed by atoms with Crippen molar-refractivity contribution in [3.05, 3.63) is 24.3 Å². The second kappa shape index (κ2) is 4.98. The smallest absolute Gasteiger partial charge is 0.330 e. The van der Waals surface area contributed by atoms with Gasteiger partial charge in [0.1, 0.15) is 5.75 Å². The maximum absolute atomic E-state index is 11.9. The van der Waals surface area contributed by atoms with Crippen molar-refractivity contribution in [1.29, 1.82) is 0 Å². The molecule has 0 amide bonds. The zero-order valence-electron chi connectivity index (χ0n) is 11.6. The second-order valence-electron chi connectivity index (χ2n) is 5.68. The summed E-state index contributed by atoms with van der Waals surface area (Å²) in [6.45, 7) is 2.60. The number of carbonyl (C=O) groups is 1. The van der Waals surface area contributed by atoms with Crippen molar-refractivity contribution in [2.45, 2.75) is 18.4 Å². The molecule has 0 radical (unpaired) electrons. The van der Waals surface area contributed by atoms with E-state index in [1.807, 2.05) is 24.3 Å². The monoisotopic (exact) mass is 276 g/mol. The number of nitrogens with zero attached hydrogens (tertiary/aromatic N) is 1. The van der Waals surface area contributed by atoms with E-state index in [1.54, 1.807) is 7.11 Å². The van der Waals surface area contributed by atoms with Crippen molar-refractivity contribution in [2.24, 2.45) is 5.92 Å². The van der Waals surface area contributed by atoms with Gasteiger partial charge in [-0.1, -0.05) is 6.07 Å². The van der Waals surface area contributed by atoms with Gasteiger partial charge in [-0.25, -0.2) is 4.79 Å². The van der Waals surface area contributed by atoms with Crippen LogP contribution < -0.4 is 10.1 Å². The first kappa shape index (κ1) is 13.2. The lowest BCUT2D eigenvalue weighted by Crippen LogP contribution is -2.66. The summed E-state index contributed by atoms with van der Waals surface area (Å²) < 4.78 is 5.20. The summed E-state index contributed by atoms with van der Waals surface area (Å²) in [4.78, 5) is 14.1. The van der Waals surface area contributed by atoms with Crippen LogP contribution in [0.4, 0.5) is 5.69 Å². The third kappa shape index (κ3) is 2.12. The molecule has 1 aromatic rings. The number of methoxy groups -OCH3 is 1. The maximum atomic E-state index is 11.9.